The number of rotatable bonds is 45. The number of unbranched alkanes of at least 4 members (excludes halogenated alkanes) is 27. The van der Waals surface area contributed by atoms with Crippen LogP contribution in [0.25, 0.3) is 0 Å². The highest BCUT2D eigenvalue weighted by atomic mass is 16.6. The number of hydrogen-bond acceptors (Lipinski definition) is 6. The summed E-state index contributed by atoms with van der Waals surface area (Å²) in [4.78, 5) is 37.9. The highest BCUT2D eigenvalue weighted by Gasteiger charge is 2.19. The lowest BCUT2D eigenvalue weighted by Gasteiger charge is -2.18. The monoisotopic (exact) mass is 821 g/mol. The Morgan fingerprint density at radius 2 is 0.603 bits per heavy atom. The van der Waals surface area contributed by atoms with Crippen LogP contribution in [0.3, 0.4) is 0 Å². The van der Waals surface area contributed by atoms with Crippen LogP contribution in [0, 0.1) is 17.8 Å². The maximum absolute atomic E-state index is 12.7. The van der Waals surface area contributed by atoms with E-state index in [1.807, 2.05) is 0 Å². The Labute approximate surface area is 361 Å². The first-order chi connectivity index (χ1) is 28.1. The summed E-state index contributed by atoms with van der Waals surface area (Å²) in [7, 11) is 0. The molecule has 58 heavy (non-hydrogen) atoms. The van der Waals surface area contributed by atoms with E-state index in [1.165, 1.54) is 161 Å². The van der Waals surface area contributed by atoms with E-state index in [4.69, 9.17) is 14.2 Å². The van der Waals surface area contributed by atoms with Crippen LogP contribution in [-0.4, -0.2) is 37.2 Å². The van der Waals surface area contributed by atoms with Crippen molar-refractivity contribution in [3.05, 3.63) is 0 Å². The molecule has 0 heterocycles. The van der Waals surface area contributed by atoms with Gasteiger partial charge in [-0.25, -0.2) is 0 Å². The van der Waals surface area contributed by atoms with Gasteiger partial charge in [0.05, 0.1) is 0 Å². The maximum Gasteiger partial charge on any atom is 0.306 e. The van der Waals surface area contributed by atoms with E-state index in [0.29, 0.717) is 19.3 Å². The number of hydrogen-bond donors (Lipinski definition) is 0. The summed E-state index contributed by atoms with van der Waals surface area (Å²) in [6, 6.07) is 0. The highest BCUT2D eigenvalue weighted by molar-refractivity contribution is 5.71. The van der Waals surface area contributed by atoms with Crippen molar-refractivity contribution in [2.24, 2.45) is 17.8 Å². The van der Waals surface area contributed by atoms with Crippen LogP contribution in [0.1, 0.15) is 279 Å². The molecule has 0 fully saturated rings. The molecule has 0 bridgehead atoms. The highest BCUT2D eigenvalue weighted by Crippen LogP contribution is 2.18. The van der Waals surface area contributed by atoms with E-state index in [2.05, 4.69) is 41.5 Å². The van der Waals surface area contributed by atoms with Crippen LogP contribution in [0.15, 0.2) is 0 Å². The third kappa shape index (κ3) is 44.0. The summed E-state index contributed by atoms with van der Waals surface area (Å²) in [6.07, 6.45) is 42.3. The molecule has 2 atom stereocenters. The van der Waals surface area contributed by atoms with Gasteiger partial charge in [-0.2, -0.15) is 0 Å². The summed E-state index contributed by atoms with van der Waals surface area (Å²) < 4.78 is 16.8. The van der Waals surface area contributed by atoms with Crippen molar-refractivity contribution in [3.63, 3.8) is 0 Å². The lowest BCUT2D eigenvalue weighted by atomic mass is 9.99. The Kier molecular flexibility index (Phi) is 42.3. The van der Waals surface area contributed by atoms with Gasteiger partial charge in [-0.15, -0.1) is 0 Å². The molecule has 0 aliphatic heterocycles. The van der Waals surface area contributed by atoms with Gasteiger partial charge in [0.15, 0.2) is 6.10 Å². The van der Waals surface area contributed by atoms with E-state index < -0.39 is 6.10 Å². The molecule has 6 heteroatoms. The van der Waals surface area contributed by atoms with E-state index in [0.717, 1.165) is 75.5 Å². The Hall–Kier alpha value is -1.59. The van der Waals surface area contributed by atoms with Crippen LogP contribution in [0.5, 0.6) is 0 Å². The molecular weight excluding hydrogens is 721 g/mol. The average Bonchev–Trinajstić information content (AvgIpc) is 3.19. The minimum absolute atomic E-state index is 0.0654. The number of carbonyl (C=O) groups excluding carboxylic acids is 3. The molecule has 6 nitrogen and oxygen atoms in total. The summed E-state index contributed by atoms with van der Waals surface area (Å²) in [5.74, 6) is 1.63. The van der Waals surface area contributed by atoms with Gasteiger partial charge in [-0.3, -0.25) is 14.4 Å². The molecule has 0 aromatic rings. The van der Waals surface area contributed by atoms with Gasteiger partial charge in [0.1, 0.15) is 13.2 Å². The van der Waals surface area contributed by atoms with Gasteiger partial charge >= 0.3 is 17.9 Å². The lowest BCUT2D eigenvalue weighted by molar-refractivity contribution is -0.167. The van der Waals surface area contributed by atoms with E-state index >= 15 is 0 Å². The number of ether oxygens (including phenoxy) is 3. The van der Waals surface area contributed by atoms with Crippen LogP contribution in [0.2, 0.25) is 0 Å². The van der Waals surface area contributed by atoms with Crippen LogP contribution in [0.4, 0.5) is 0 Å². The van der Waals surface area contributed by atoms with Crippen LogP contribution < -0.4 is 0 Å². The molecule has 0 aromatic carbocycles. The molecule has 0 radical (unpaired) electrons. The number of esters is 3. The van der Waals surface area contributed by atoms with Crippen molar-refractivity contribution in [1.29, 1.82) is 0 Å². The van der Waals surface area contributed by atoms with E-state index in [9.17, 15) is 14.4 Å². The largest absolute Gasteiger partial charge is 0.462 e. The molecule has 0 aliphatic carbocycles. The fraction of sp³-hybridized carbons (Fsp3) is 0.942. The lowest BCUT2D eigenvalue weighted by Crippen LogP contribution is -2.30. The molecular formula is C52H100O6. The Bertz CT molecular complexity index is 900. The predicted octanol–water partition coefficient (Wildman–Crippen LogP) is 16.4. The smallest absolute Gasteiger partial charge is 0.306 e. The number of carbonyl (C=O) groups is 3. The molecule has 0 saturated carbocycles. The fourth-order valence-corrected chi connectivity index (χ4v) is 7.73. The van der Waals surface area contributed by atoms with Gasteiger partial charge in [0.2, 0.25) is 0 Å². The fourth-order valence-electron chi connectivity index (χ4n) is 7.73. The van der Waals surface area contributed by atoms with Crippen molar-refractivity contribution in [2.45, 2.75) is 285 Å². The topological polar surface area (TPSA) is 78.9 Å². The second-order valence-corrected chi connectivity index (χ2v) is 19.0. The zero-order valence-corrected chi connectivity index (χ0v) is 39.8. The first kappa shape index (κ1) is 56.4. The van der Waals surface area contributed by atoms with Crippen molar-refractivity contribution < 1.29 is 28.6 Å². The zero-order valence-electron chi connectivity index (χ0n) is 39.8. The van der Waals surface area contributed by atoms with Crippen molar-refractivity contribution >= 4 is 17.9 Å². The normalized spacial score (nSPS) is 12.6. The minimum Gasteiger partial charge on any atom is -0.462 e. The third-order valence-corrected chi connectivity index (χ3v) is 12.0. The third-order valence-electron chi connectivity index (χ3n) is 12.0. The SMILES string of the molecule is CCC(C)CCCCCCCCCCCCC(=O)OC[C@@H](COC(=O)CCCCCCCCCCCCCCCC(C)C)OC(=O)CCCCCCCCCC(C)C. The Balaban J connectivity index is 4.29. The second kappa shape index (κ2) is 43.5. The van der Waals surface area contributed by atoms with E-state index in [-0.39, 0.29) is 31.1 Å². The molecule has 1 unspecified atom stereocenters. The molecule has 0 spiro atoms. The molecule has 0 rings (SSSR count). The van der Waals surface area contributed by atoms with Crippen molar-refractivity contribution in [2.75, 3.05) is 13.2 Å². The Morgan fingerprint density at radius 3 is 0.897 bits per heavy atom. The molecule has 0 aliphatic rings. The molecule has 0 N–H and O–H groups in total. The van der Waals surface area contributed by atoms with Gasteiger partial charge in [-0.1, -0.05) is 241 Å². The maximum atomic E-state index is 12.7. The Morgan fingerprint density at radius 1 is 0.345 bits per heavy atom. The van der Waals surface area contributed by atoms with Gasteiger partial charge in [0, 0.05) is 19.3 Å². The molecule has 0 saturated heterocycles. The first-order valence-electron chi connectivity index (χ1n) is 25.6. The van der Waals surface area contributed by atoms with Crippen molar-refractivity contribution in [1.82, 2.24) is 0 Å². The standard InChI is InChI=1S/C52H100O6/c1-7-48(6)40-34-28-22-16-13-14-18-24-30-36-42-51(54)57-45-49(58-52(55)43-37-31-25-19-21-27-33-39-47(4)5)44-56-50(53)41-35-29-23-17-12-10-8-9-11-15-20-26-32-38-46(2)3/h46-49H,7-45H2,1-6H3/t48?,49-/m1/s1. The first-order valence-corrected chi connectivity index (χ1v) is 25.6. The zero-order chi connectivity index (χ0) is 42.7. The minimum atomic E-state index is -0.763. The second-order valence-electron chi connectivity index (χ2n) is 19.0. The predicted molar refractivity (Wildman–Crippen MR) is 247 cm³/mol. The summed E-state index contributed by atoms with van der Waals surface area (Å²) >= 11 is 0. The van der Waals surface area contributed by atoms with Crippen molar-refractivity contribution in [3.8, 4) is 0 Å². The van der Waals surface area contributed by atoms with E-state index in [1.54, 1.807) is 0 Å². The average molecular weight is 821 g/mol. The van der Waals surface area contributed by atoms with Gasteiger partial charge in [-0.05, 0) is 37.0 Å². The van der Waals surface area contributed by atoms with Crippen LogP contribution >= 0.6 is 0 Å². The molecule has 0 aromatic heterocycles. The summed E-state index contributed by atoms with van der Waals surface area (Å²) in [5, 5.41) is 0. The molecule has 344 valence electrons. The van der Waals surface area contributed by atoms with Gasteiger partial charge < -0.3 is 14.2 Å². The summed E-state index contributed by atoms with van der Waals surface area (Å²) in [5.41, 5.74) is 0. The summed E-state index contributed by atoms with van der Waals surface area (Å²) in [6.45, 7) is 13.7. The molecule has 0 amide bonds. The van der Waals surface area contributed by atoms with Crippen LogP contribution in [-0.2, 0) is 28.6 Å². The van der Waals surface area contributed by atoms with Gasteiger partial charge in [0.25, 0.3) is 0 Å². The quantitative estimate of drug-likeness (QED) is 0.0346.